The Morgan fingerprint density at radius 3 is 2.90 bits per heavy atom. The van der Waals surface area contributed by atoms with Crippen molar-refractivity contribution in [2.45, 2.75) is 13.0 Å². The minimum atomic E-state index is -1.06. The van der Waals surface area contributed by atoms with Crippen LogP contribution in [0, 0.1) is 0 Å². The molecule has 4 heterocycles. The van der Waals surface area contributed by atoms with Crippen LogP contribution in [0.2, 0.25) is 5.02 Å². The normalized spacial score (nSPS) is 11.4. The van der Waals surface area contributed by atoms with Crippen LogP contribution in [0.5, 0.6) is 0 Å². The van der Waals surface area contributed by atoms with Crippen molar-refractivity contribution in [1.29, 1.82) is 0 Å². The molecule has 8 nitrogen and oxygen atoms in total. The van der Waals surface area contributed by atoms with Crippen molar-refractivity contribution < 1.29 is 9.90 Å². The van der Waals surface area contributed by atoms with E-state index in [4.69, 9.17) is 16.7 Å². The number of nitrogens with zero attached hydrogens (tertiary/aromatic N) is 5. The molecule has 0 aliphatic carbocycles. The number of rotatable bonds is 5. The molecule has 5 rings (SSSR count). The number of aromatic carboxylic acids is 1. The van der Waals surface area contributed by atoms with Gasteiger partial charge < -0.3 is 10.1 Å². The van der Waals surface area contributed by atoms with E-state index in [9.17, 15) is 9.90 Å². The maximum absolute atomic E-state index is 11.5. The summed E-state index contributed by atoms with van der Waals surface area (Å²) in [6, 6.07) is 11.3. The van der Waals surface area contributed by atoms with E-state index in [1.54, 1.807) is 18.5 Å². The summed E-state index contributed by atoms with van der Waals surface area (Å²) in [6.07, 6.45) is 5.44. The Balaban J connectivity index is 1.61. The molecular weight excluding hydrogens is 404 g/mol. The molecule has 5 aromatic rings. The SMILES string of the molecule is O=C(O)c1c[nH]c2ncc(-c3nn(CCc4ccccn4)c4cc(Cl)ccc34)nc12. The van der Waals surface area contributed by atoms with Crippen LogP contribution in [0.25, 0.3) is 33.5 Å². The highest BCUT2D eigenvalue weighted by atomic mass is 35.5. The lowest BCUT2D eigenvalue weighted by Crippen LogP contribution is -2.04. The van der Waals surface area contributed by atoms with Crippen molar-refractivity contribution in [3.05, 3.63) is 71.3 Å². The van der Waals surface area contributed by atoms with Crippen LogP contribution in [0.1, 0.15) is 16.1 Å². The number of hydrogen-bond acceptors (Lipinski definition) is 5. The molecule has 9 heteroatoms. The Labute approximate surface area is 175 Å². The molecule has 0 aliphatic heterocycles. The Morgan fingerprint density at radius 1 is 1.20 bits per heavy atom. The minimum absolute atomic E-state index is 0.0706. The molecule has 2 N–H and O–H groups in total. The van der Waals surface area contributed by atoms with E-state index in [0.29, 0.717) is 40.5 Å². The quantitative estimate of drug-likeness (QED) is 0.447. The van der Waals surface area contributed by atoms with Gasteiger partial charge in [0.1, 0.15) is 22.5 Å². The third-order valence-corrected chi connectivity index (χ3v) is 5.11. The third kappa shape index (κ3) is 3.17. The first-order chi connectivity index (χ1) is 14.6. The number of carbonyl (C=O) groups is 1. The first kappa shape index (κ1) is 18.3. The summed E-state index contributed by atoms with van der Waals surface area (Å²) in [5, 5.41) is 15.6. The predicted molar refractivity (Wildman–Crippen MR) is 113 cm³/mol. The second-order valence-electron chi connectivity index (χ2n) is 6.76. The van der Waals surface area contributed by atoms with E-state index in [-0.39, 0.29) is 5.56 Å². The van der Waals surface area contributed by atoms with Crippen LogP contribution < -0.4 is 0 Å². The molecule has 0 fully saturated rings. The Hall–Kier alpha value is -3.78. The first-order valence-electron chi connectivity index (χ1n) is 9.24. The van der Waals surface area contributed by atoms with Crippen LogP contribution in [-0.4, -0.2) is 40.8 Å². The number of hydrogen-bond donors (Lipinski definition) is 2. The zero-order valence-electron chi connectivity index (χ0n) is 15.6. The summed E-state index contributed by atoms with van der Waals surface area (Å²) < 4.78 is 1.87. The molecule has 148 valence electrons. The second kappa shape index (κ2) is 7.23. The summed E-state index contributed by atoms with van der Waals surface area (Å²) in [5.41, 5.74) is 3.72. The molecule has 0 unspecified atom stereocenters. The van der Waals surface area contributed by atoms with Gasteiger partial charge in [-0.05, 0) is 30.3 Å². The fraction of sp³-hybridized carbons (Fsp3) is 0.0952. The topological polar surface area (TPSA) is 110 Å². The maximum Gasteiger partial charge on any atom is 0.339 e. The van der Waals surface area contributed by atoms with Crippen molar-refractivity contribution in [1.82, 2.24) is 29.7 Å². The number of H-pyrrole nitrogens is 1. The molecular formula is C21H15ClN6O2. The van der Waals surface area contributed by atoms with Crippen molar-refractivity contribution in [3.63, 3.8) is 0 Å². The monoisotopic (exact) mass is 418 g/mol. The lowest BCUT2D eigenvalue weighted by Gasteiger charge is -2.03. The van der Waals surface area contributed by atoms with Gasteiger partial charge in [-0.15, -0.1) is 0 Å². The van der Waals surface area contributed by atoms with E-state index >= 15 is 0 Å². The third-order valence-electron chi connectivity index (χ3n) is 4.87. The van der Waals surface area contributed by atoms with Gasteiger partial charge in [0, 0.05) is 41.5 Å². The predicted octanol–water partition coefficient (Wildman–Crippen LogP) is 3.96. The average molecular weight is 419 g/mol. The smallest absolute Gasteiger partial charge is 0.339 e. The van der Waals surface area contributed by atoms with Gasteiger partial charge in [0.15, 0.2) is 5.65 Å². The average Bonchev–Trinajstić information content (AvgIpc) is 3.34. The molecule has 0 atom stereocenters. The molecule has 0 saturated carbocycles. The fourth-order valence-corrected chi connectivity index (χ4v) is 3.61. The van der Waals surface area contributed by atoms with Gasteiger partial charge in [-0.25, -0.2) is 14.8 Å². The standard InChI is InChI=1S/C21H15ClN6O2/c22-12-4-5-14-17(9-12)28(8-6-13-3-1-2-7-23-13)27-18(14)16-11-25-20-19(26-16)15(10-24-20)21(29)30/h1-5,7,9-11H,6,8H2,(H,24,25)(H,29,30). The zero-order valence-corrected chi connectivity index (χ0v) is 16.3. The van der Waals surface area contributed by atoms with Crippen LogP contribution in [0.4, 0.5) is 0 Å². The number of nitrogens with one attached hydrogen (secondary N) is 1. The van der Waals surface area contributed by atoms with Crippen molar-refractivity contribution in [2.75, 3.05) is 0 Å². The summed E-state index contributed by atoms with van der Waals surface area (Å²) in [4.78, 5) is 27.5. The largest absolute Gasteiger partial charge is 0.478 e. The van der Waals surface area contributed by atoms with Crippen molar-refractivity contribution >= 4 is 39.6 Å². The van der Waals surface area contributed by atoms with Gasteiger partial charge >= 0.3 is 5.97 Å². The van der Waals surface area contributed by atoms with E-state index < -0.39 is 5.97 Å². The number of aryl methyl sites for hydroxylation is 2. The molecule has 0 bridgehead atoms. The zero-order chi connectivity index (χ0) is 20.7. The Morgan fingerprint density at radius 2 is 2.10 bits per heavy atom. The highest BCUT2D eigenvalue weighted by Gasteiger charge is 2.18. The Kier molecular flexibility index (Phi) is 4.40. The molecule has 0 radical (unpaired) electrons. The number of carboxylic acid groups (broad SMARTS) is 1. The molecule has 1 aromatic carbocycles. The van der Waals surface area contributed by atoms with Gasteiger partial charge in [-0.1, -0.05) is 17.7 Å². The van der Waals surface area contributed by atoms with Crippen molar-refractivity contribution in [3.8, 4) is 11.4 Å². The van der Waals surface area contributed by atoms with Gasteiger partial charge in [-0.2, -0.15) is 5.10 Å². The highest BCUT2D eigenvalue weighted by molar-refractivity contribution is 6.31. The number of benzene rings is 1. The number of aromatic amines is 1. The summed E-state index contributed by atoms with van der Waals surface area (Å²) >= 11 is 6.23. The molecule has 0 saturated heterocycles. The molecule has 30 heavy (non-hydrogen) atoms. The number of carboxylic acids is 1. The summed E-state index contributed by atoms with van der Waals surface area (Å²) in [5.74, 6) is -1.06. The summed E-state index contributed by atoms with van der Waals surface area (Å²) in [7, 11) is 0. The fourth-order valence-electron chi connectivity index (χ4n) is 3.44. The van der Waals surface area contributed by atoms with Crippen LogP contribution in [0.15, 0.2) is 55.0 Å². The van der Waals surface area contributed by atoms with Gasteiger partial charge in [0.05, 0.1) is 11.7 Å². The molecule has 0 aliphatic rings. The van der Waals surface area contributed by atoms with E-state index in [1.165, 1.54) is 6.20 Å². The van der Waals surface area contributed by atoms with Crippen LogP contribution >= 0.6 is 11.6 Å². The number of fused-ring (bicyclic) bond motifs is 2. The number of halogens is 1. The highest BCUT2D eigenvalue weighted by Crippen LogP contribution is 2.30. The van der Waals surface area contributed by atoms with E-state index in [0.717, 1.165) is 16.6 Å². The molecule has 4 aromatic heterocycles. The minimum Gasteiger partial charge on any atom is -0.478 e. The first-order valence-corrected chi connectivity index (χ1v) is 9.62. The summed E-state index contributed by atoms with van der Waals surface area (Å²) in [6.45, 7) is 0.605. The van der Waals surface area contributed by atoms with Crippen LogP contribution in [0.3, 0.4) is 0 Å². The van der Waals surface area contributed by atoms with Gasteiger partial charge in [0.25, 0.3) is 0 Å². The molecule has 0 amide bonds. The van der Waals surface area contributed by atoms with Crippen LogP contribution in [-0.2, 0) is 13.0 Å². The van der Waals surface area contributed by atoms with Crippen molar-refractivity contribution in [2.24, 2.45) is 0 Å². The lowest BCUT2D eigenvalue weighted by molar-refractivity contribution is 0.0699. The second-order valence-corrected chi connectivity index (χ2v) is 7.20. The Bertz CT molecular complexity index is 1390. The van der Waals surface area contributed by atoms with Gasteiger partial charge in [0.2, 0.25) is 0 Å². The van der Waals surface area contributed by atoms with Gasteiger partial charge in [-0.3, -0.25) is 9.67 Å². The maximum atomic E-state index is 11.5. The number of pyridine rings is 1. The number of aromatic nitrogens is 6. The molecule has 0 spiro atoms. The van der Waals surface area contributed by atoms with E-state index in [1.807, 2.05) is 35.0 Å². The lowest BCUT2D eigenvalue weighted by atomic mass is 10.1. The van der Waals surface area contributed by atoms with E-state index in [2.05, 4.69) is 19.9 Å².